The van der Waals surface area contributed by atoms with Gasteiger partial charge in [0, 0.05) is 0 Å². The largest absolute Gasteiger partial charge is 0.495 e. The van der Waals surface area contributed by atoms with Gasteiger partial charge in [0.25, 0.3) is 5.91 Å². The summed E-state index contributed by atoms with van der Waals surface area (Å²) in [6.45, 7) is 11.1. The molecule has 0 atom stereocenters. The first-order valence-corrected chi connectivity index (χ1v) is 10.3. The van der Waals surface area contributed by atoms with Crippen LogP contribution in [0.15, 0.2) is 47.6 Å². The summed E-state index contributed by atoms with van der Waals surface area (Å²) in [7, 11) is 1.55. The molecule has 0 spiro atoms. The van der Waals surface area contributed by atoms with Gasteiger partial charge in [0.1, 0.15) is 11.5 Å². The number of hydrazone groups is 1. The van der Waals surface area contributed by atoms with Crippen LogP contribution in [0.25, 0.3) is 0 Å². The van der Waals surface area contributed by atoms with Crippen molar-refractivity contribution in [3.05, 3.63) is 58.6 Å². The quantitative estimate of drug-likeness (QED) is 0.438. The van der Waals surface area contributed by atoms with Gasteiger partial charge in [-0.15, -0.1) is 0 Å². The van der Waals surface area contributed by atoms with Crippen molar-refractivity contribution >= 4 is 23.7 Å². The third-order valence-electron chi connectivity index (χ3n) is 4.56. The number of rotatable bonds is 8. The molecule has 2 rings (SSSR count). The molecule has 0 fully saturated rings. The number of hydrogen-bond acceptors (Lipinski definition) is 4. The highest BCUT2D eigenvalue weighted by atomic mass is 35.5. The van der Waals surface area contributed by atoms with Crippen molar-refractivity contribution in [3.63, 3.8) is 0 Å². The Morgan fingerprint density at radius 2 is 1.77 bits per heavy atom. The molecular formula is C24H31ClN2O3. The van der Waals surface area contributed by atoms with Crippen LogP contribution >= 0.6 is 11.6 Å². The highest BCUT2D eigenvalue weighted by Crippen LogP contribution is 2.36. The third-order valence-corrected chi connectivity index (χ3v) is 4.85. The molecule has 0 saturated heterocycles. The maximum Gasteiger partial charge on any atom is 0.277 e. The summed E-state index contributed by atoms with van der Waals surface area (Å²) in [4.78, 5) is 12.0. The van der Waals surface area contributed by atoms with Crippen molar-refractivity contribution in [3.8, 4) is 11.5 Å². The smallest absolute Gasteiger partial charge is 0.277 e. The van der Waals surface area contributed by atoms with Gasteiger partial charge in [0.2, 0.25) is 0 Å². The first kappa shape index (κ1) is 23.7. The average Bonchev–Trinajstić information content (AvgIpc) is 2.65. The minimum Gasteiger partial charge on any atom is -0.495 e. The summed E-state index contributed by atoms with van der Waals surface area (Å²) in [5.74, 6) is 0.883. The fourth-order valence-electron chi connectivity index (χ4n) is 3.55. The number of halogens is 1. The SMILES string of the molecule is COc1ccc(/C=N/NC(=O)COc2ccc(C(C)(C)CC(C)(C)C)cc2)cc1Cl. The van der Waals surface area contributed by atoms with E-state index in [1.54, 1.807) is 25.3 Å². The average molecular weight is 431 g/mol. The van der Waals surface area contributed by atoms with Crippen LogP contribution in [0.4, 0.5) is 0 Å². The van der Waals surface area contributed by atoms with E-state index in [1.807, 2.05) is 12.1 Å². The van der Waals surface area contributed by atoms with Crippen LogP contribution < -0.4 is 14.9 Å². The predicted molar refractivity (Wildman–Crippen MR) is 123 cm³/mol. The molecule has 2 aromatic rings. The molecular weight excluding hydrogens is 400 g/mol. The fraction of sp³-hybridized carbons (Fsp3) is 0.417. The summed E-state index contributed by atoms with van der Waals surface area (Å²) in [5.41, 5.74) is 4.74. The Labute approximate surface area is 184 Å². The van der Waals surface area contributed by atoms with Gasteiger partial charge in [-0.25, -0.2) is 5.43 Å². The van der Waals surface area contributed by atoms with Crippen molar-refractivity contribution in [1.82, 2.24) is 5.43 Å². The van der Waals surface area contributed by atoms with Crippen molar-refractivity contribution < 1.29 is 14.3 Å². The van der Waals surface area contributed by atoms with Crippen LogP contribution in [-0.4, -0.2) is 25.8 Å². The lowest BCUT2D eigenvalue weighted by molar-refractivity contribution is -0.123. The van der Waals surface area contributed by atoms with Gasteiger partial charge in [-0.2, -0.15) is 5.10 Å². The molecule has 0 saturated carbocycles. The first-order chi connectivity index (χ1) is 14.0. The Morgan fingerprint density at radius 3 is 2.33 bits per heavy atom. The predicted octanol–water partition coefficient (Wildman–Crippen LogP) is 5.59. The van der Waals surface area contributed by atoms with Crippen LogP contribution in [0.1, 0.15) is 52.2 Å². The number of methoxy groups -OCH3 is 1. The highest BCUT2D eigenvalue weighted by molar-refractivity contribution is 6.32. The lowest BCUT2D eigenvalue weighted by Gasteiger charge is -2.33. The number of ether oxygens (including phenoxy) is 2. The number of benzene rings is 2. The summed E-state index contributed by atoms with van der Waals surface area (Å²) in [6.07, 6.45) is 2.58. The van der Waals surface area contributed by atoms with E-state index in [4.69, 9.17) is 21.1 Å². The molecule has 0 aromatic heterocycles. The zero-order valence-corrected chi connectivity index (χ0v) is 19.3. The van der Waals surface area contributed by atoms with Crippen LogP contribution in [0.5, 0.6) is 11.5 Å². The Bertz CT molecular complexity index is 884. The molecule has 0 aliphatic heterocycles. The Morgan fingerprint density at radius 1 is 1.10 bits per heavy atom. The van der Waals surface area contributed by atoms with Gasteiger partial charge in [-0.05, 0) is 58.7 Å². The summed E-state index contributed by atoms with van der Waals surface area (Å²) in [5, 5.41) is 4.40. The second-order valence-corrected chi connectivity index (χ2v) is 9.53. The van der Waals surface area contributed by atoms with E-state index in [0.717, 1.165) is 12.0 Å². The second-order valence-electron chi connectivity index (χ2n) is 9.12. The molecule has 162 valence electrons. The number of hydrogen-bond donors (Lipinski definition) is 1. The maximum atomic E-state index is 12.0. The van der Waals surface area contributed by atoms with E-state index in [9.17, 15) is 4.79 Å². The molecule has 0 bridgehead atoms. The van der Waals surface area contributed by atoms with Gasteiger partial charge in [0.05, 0.1) is 18.3 Å². The van der Waals surface area contributed by atoms with E-state index < -0.39 is 0 Å². The summed E-state index contributed by atoms with van der Waals surface area (Å²) in [6, 6.07) is 13.1. The van der Waals surface area contributed by atoms with E-state index in [0.29, 0.717) is 16.5 Å². The molecule has 0 aliphatic carbocycles. The zero-order chi connectivity index (χ0) is 22.4. The Balaban J connectivity index is 1.85. The third kappa shape index (κ3) is 7.38. The maximum absolute atomic E-state index is 12.0. The fourth-order valence-corrected chi connectivity index (χ4v) is 3.82. The lowest BCUT2D eigenvalue weighted by atomic mass is 9.72. The number of amides is 1. The summed E-state index contributed by atoms with van der Waals surface area (Å²) >= 11 is 6.07. The summed E-state index contributed by atoms with van der Waals surface area (Å²) < 4.78 is 10.7. The molecule has 0 radical (unpaired) electrons. The minimum atomic E-state index is -0.344. The van der Waals surface area contributed by atoms with Crippen LogP contribution in [0.3, 0.4) is 0 Å². The van der Waals surface area contributed by atoms with Crippen LogP contribution in [0, 0.1) is 5.41 Å². The van der Waals surface area contributed by atoms with Crippen LogP contribution in [-0.2, 0) is 10.2 Å². The molecule has 6 heteroatoms. The van der Waals surface area contributed by atoms with Gasteiger partial charge in [-0.3, -0.25) is 4.79 Å². The number of nitrogens with zero attached hydrogens (tertiary/aromatic N) is 1. The highest BCUT2D eigenvalue weighted by Gasteiger charge is 2.27. The van der Waals surface area contributed by atoms with Gasteiger partial charge in [0.15, 0.2) is 6.61 Å². The molecule has 2 aromatic carbocycles. The van der Waals surface area contributed by atoms with Gasteiger partial charge >= 0.3 is 0 Å². The van der Waals surface area contributed by atoms with E-state index in [2.05, 4.69) is 57.3 Å². The Kier molecular flexibility index (Phi) is 7.90. The van der Waals surface area contributed by atoms with Gasteiger partial charge in [-0.1, -0.05) is 58.4 Å². The Hall–Kier alpha value is -2.53. The topological polar surface area (TPSA) is 59.9 Å². The molecule has 0 aliphatic rings. The first-order valence-electron chi connectivity index (χ1n) is 9.89. The normalized spacial score (nSPS) is 12.1. The number of carbonyl (C=O) groups is 1. The van der Waals surface area contributed by atoms with Crippen molar-refractivity contribution in [2.75, 3.05) is 13.7 Å². The second kappa shape index (κ2) is 9.98. The molecule has 0 unspecified atom stereocenters. The molecule has 1 N–H and O–H groups in total. The standard InChI is InChI=1S/C24H31ClN2O3/c1-23(2,3)16-24(4,5)18-8-10-19(11-9-18)30-15-22(28)27-26-14-17-7-12-21(29-6)20(25)13-17/h7-14H,15-16H2,1-6H3,(H,27,28)/b26-14+. The van der Waals surface area contributed by atoms with E-state index in [1.165, 1.54) is 11.8 Å². The number of carbonyl (C=O) groups excluding carboxylic acids is 1. The molecule has 5 nitrogen and oxygen atoms in total. The number of nitrogens with one attached hydrogen (secondary N) is 1. The zero-order valence-electron chi connectivity index (χ0n) is 18.6. The molecule has 0 heterocycles. The minimum absolute atomic E-state index is 0.0627. The van der Waals surface area contributed by atoms with Crippen molar-refractivity contribution in [2.45, 2.75) is 46.5 Å². The van der Waals surface area contributed by atoms with Crippen molar-refractivity contribution in [2.24, 2.45) is 10.5 Å². The molecule has 30 heavy (non-hydrogen) atoms. The van der Waals surface area contributed by atoms with Crippen molar-refractivity contribution in [1.29, 1.82) is 0 Å². The monoisotopic (exact) mass is 430 g/mol. The van der Waals surface area contributed by atoms with Crippen LogP contribution in [0.2, 0.25) is 5.02 Å². The van der Waals surface area contributed by atoms with E-state index >= 15 is 0 Å². The van der Waals surface area contributed by atoms with Gasteiger partial charge < -0.3 is 9.47 Å². The van der Waals surface area contributed by atoms with E-state index in [-0.39, 0.29) is 23.3 Å². The molecule has 1 amide bonds. The lowest BCUT2D eigenvalue weighted by Crippen LogP contribution is -2.25.